The molecule has 6 heteroatoms. The Morgan fingerprint density at radius 2 is 1.76 bits per heavy atom. The largest absolute Gasteiger partial charge is 0.350 e. The molecule has 0 aromatic heterocycles. The van der Waals surface area contributed by atoms with Gasteiger partial charge in [-0.25, -0.2) is 0 Å². The van der Waals surface area contributed by atoms with Gasteiger partial charge < -0.3 is 5.32 Å². The third-order valence-corrected chi connectivity index (χ3v) is 4.27. The number of halogens is 2. The van der Waals surface area contributed by atoms with Gasteiger partial charge >= 0.3 is 0 Å². The second-order valence-corrected chi connectivity index (χ2v) is 6.22. The van der Waals surface area contributed by atoms with E-state index in [1.165, 1.54) is 6.08 Å². The predicted octanol–water partition coefficient (Wildman–Crippen LogP) is 4.37. The van der Waals surface area contributed by atoms with Crippen LogP contribution in [0.25, 0.3) is 5.57 Å². The summed E-state index contributed by atoms with van der Waals surface area (Å²) in [7, 11) is 0. The van der Waals surface area contributed by atoms with Crippen molar-refractivity contribution in [3.63, 3.8) is 0 Å². The SMILES string of the molecule is C=CCN1C(=O)C(Nc2ccccc2)=C(c2ccc(Cl)cc2Cl)C1=O. The highest BCUT2D eigenvalue weighted by Gasteiger charge is 2.39. The molecular weight excluding hydrogens is 359 g/mol. The highest BCUT2D eigenvalue weighted by atomic mass is 35.5. The first-order valence-corrected chi connectivity index (χ1v) is 8.27. The van der Waals surface area contributed by atoms with Crippen LogP contribution in [-0.2, 0) is 9.59 Å². The monoisotopic (exact) mass is 372 g/mol. The lowest BCUT2D eigenvalue weighted by atomic mass is 10.0. The average molecular weight is 373 g/mol. The molecule has 2 amide bonds. The van der Waals surface area contributed by atoms with E-state index < -0.39 is 11.8 Å². The molecule has 2 aromatic rings. The first-order chi connectivity index (χ1) is 12.0. The van der Waals surface area contributed by atoms with Gasteiger partial charge in [0.15, 0.2) is 0 Å². The van der Waals surface area contributed by atoms with Crippen molar-refractivity contribution in [2.24, 2.45) is 0 Å². The van der Waals surface area contributed by atoms with Gasteiger partial charge in [0.05, 0.1) is 10.6 Å². The van der Waals surface area contributed by atoms with E-state index in [0.717, 1.165) is 4.90 Å². The molecule has 4 nitrogen and oxygen atoms in total. The van der Waals surface area contributed by atoms with Crippen LogP contribution in [0.2, 0.25) is 10.0 Å². The molecule has 1 N–H and O–H groups in total. The molecule has 0 bridgehead atoms. The molecule has 0 saturated carbocycles. The van der Waals surface area contributed by atoms with Crippen LogP contribution >= 0.6 is 23.2 Å². The summed E-state index contributed by atoms with van der Waals surface area (Å²) in [6.07, 6.45) is 1.50. The van der Waals surface area contributed by atoms with Crippen molar-refractivity contribution in [3.05, 3.63) is 82.5 Å². The number of anilines is 1. The molecule has 2 aromatic carbocycles. The van der Waals surface area contributed by atoms with E-state index in [2.05, 4.69) is 11.9 Å². The summed E-state index contributed by atoms with van der Waals surface area (Å²) in [6.45, 7) is 3.72. The third kappa shape index (κ3) is 3.31. The smallest absolute Gasteiger partial charge is 0.278 e. The standard InChI is InChI=1S/C19H14Cl2N2O2/c1-2-10-23-18(24)16(14-9-8-12(20)11-15(14)21)17(19(23)25)22-13-6-4-3-5-7-13/h2-9,11,22H,1,10H2. The first-order valence-electron chi connectivity index (χ1n) is 7.51. The van der Waals surface area contributed by atoms with Crippen molar-refractivity contribution >= 4 is 46.3 Å². The van der Waals surface area contributed by atoms with Gasteiger partial charge in [-0.05, 0) is 24.3 Å². The van der Waals surface area contributed by atoms with Crippen molar-refractivity contribution in [2.45, 2.75) is 0 Å². The fourth-order valence-corrected chi connectivity index (χ4v) is 3.10. The molecule has 0 fully saturated rings. The zero-order chi connectivity index (χ0) is 18.0. The number of nitrogens with zero attached hydrogens (tertiary/aromatic N) is 1. The molecule has 0 spiro atoms. The summed E-state index contributed by atoms with van der Waals surface area (Å²) in [6, 6.07) is 14.0. The number of benzene rings is 2. The summed E-state index contributed by atoms with van der Waals surface area (Å²) in [5.41, 5.74) is 1.55. The lowest BCUT2D eigenvalue weighted by molar-refractivity contribution is -0.136. The number of carbonyl (C=O) groups is 2. The highest BCUT2D eigenvalue weighted by molar-refractivity contribution is 6.41. The molecule has 1 aliphatic rings. The van der Waals surface area contributed by atoms with Gasteiger partial charge in [-0.2, -0.15) is 0 Å². The minimum atomic E-state index is -0.424. The summed E-state index contributed by atoms with van der Waals surface area (Å²) < 4.78 is 0. The van der Waals surface area contributed by atoms with Crippen LogP contribution in [0.1, 0.15) is 5.56 Å². The third-order valence-electron chi connectivity index (χ3n) is 3.72. The lowest BCUT2D eigenvalue weighted by Gasteiger charge is -2.12. The fraction of sp³-hybridized carbons (Fsp3) is 0.0526. The number of para-hydroxylation sites is 1. The Labute approximate surface area is 155 Å². The van der Waals surface area contributed by atoms with Crippen molar-refractivity contribution in [3.8, 4) is 0 Å². The maximum atomic E-state index is 12.8. The van der Waals surface area contributed by atoms with E-state index in [4.69, 9.17) is 23.2 Å². The quantitative estimate of drug-likeness (QED) is 0.626. The van der Waals surface area contributed by atoms with Crippen LogP contribution < -0.4 is 5.32 Å². The van der Waals surface area contributed by atoms with Crippen LogP contribution in [0.5, 0.6) is 0 Å². The number of carbonyl (C=O) groups excluding carboxylic acids is 2. The Morgan fingerprint density at radius 3 is 2.40 bits per heavy atom. The van der Waals surface area contributed by atoms with Crippen molar-refractivity contribution in [1.29, 1.82) is 0 Å². The maximum Gasteiger partial charge on any atom is 0.278 e. The molecule has 1 heterocycles. The Kier molecular flexibility index (Phi) is 4.93. The summed E-state index contributed by atoms with van der Waals surface area (Å²) in [4.78, 5) is 26.7. The number of hydrogen-bond donors (Lipinski definition) is 1. The molecule has 25 heavy (non-hydrogen) atoms. The van der Waals surface area contributed by atoms with Crippen LogP contribution in [0.3, 0.4) is 0 Å². The molecule has 0 radical (unpaired) electrons. The van der Waals surface area contributed by atoms with E-state index in [9.17, 15) is 9.59 Å². The number of imide groups is 1. The topological polar surface area (TPSA) is 49.4 Å². The average Bonchev–Trinajstić information content (AvgIpc) is 2.81. The number of hydrogen-bond acceptors (Lipinski definition) is 3. The Hall–Kier alpha value is -2.56. The van der Waals surface area contributed by atoms with Crippen LogP contribution in [-0.4, -0.2) is 23.3 Å². The van der Waals surface area contributed by atoms with Crippen molar-refractivity contribution in [2.75, 3.05) is 11.9 Å². The number of rotatable bonds is 5. The van der Waals surface area contributed by atoms with Crippen LogP contribution in [0.15, 0.2) is 66.9 Å². The van der Waals surface area contributed by atoms with E-state index in [0.29, 0.717) is 21.3 Å². The fourth-order valence-electron chi connectivity index (χ4n) is 2.59. The summed E-state index contributed by atoms with van der Waals surface area (Å²) in [5.74, 6) is -0.845. The van der Waals surface area contributed by atoms with Gasteiger partial charge in [0, 0.05) is 22.8 Å². The molecule has 0 aliphatic carbocycles. The minimum absolute atomic E-state index is 0.117. The Bertz CT molecular complexity index is 892. The minimum Gasteiger partial charge on any atom is -0.350 e. The summed E-state index contributed by atoms with van der Waals surface area (Å²) in [5, 5.41) is 3.79. The zero-order valence-corrected chi connectivity index (χ0v) is 14.6. The lowest BCUT2D eigenvalue weighted by Crippen LogP contribution is -2.32. The highest BCUT2D eigenvalue weighted by Crippen LogP contribution is 2.35. The van der Waals surface area contributed by atoms with Gasteiger partial charge in [-0.1, -0.05) is 53.5 Å². The normalized spacial score (nSPS) is 14.2. The first kappa shape index (κ1) is 17.3. The molecule has 1 aliphatic heterocycles. The molecular formula is C19H14Cl2N2O2. The Balaban J connectivity index is 2.13. The second-order valence-electron chi connectivity index (χ2n) is 5.37. The molecule has 0 saturated heterocycles. The number of amides is 2. The van der Waals surface area contributed by atoms with E-state index in [-0.39, 0.29) is 17.8 Å². The molecule has 0 atom stereocenters. The zero-order valence-electron chi connectivity index (χ0n) is 13.1. The van der Waals surface area contributed by atoms with Crippen molar-refractivity contribution < 1.29 is 9.59 Å². The molecule has 3 rings (SSSR count). The number of nitrogens with one attached hydrogen (secondary N) is 1. The summed E-state index contributed by atoms with van der Waals surface area (Å²) >= 11 is 12.2. The molecule has 126 valence electrons. The van der Waals surface area contributed by atoms with E-state index >= 15 is 0 Å². The van der Waals surface area contributed by atoms with Gasteiger partial charge in [-0.15, -0.1) is 6.58 Å². The maximum absolute atomic E-state index is 12.8. The molecule has 0 unspecified atom stereocenters. The Morgan fingerprint density at radius 1 is 1.04 bits per heavy atom. The van der Waals surface area contributed by atoms with Gasteiger partial charge in [0.2, 0.25) is 0 Å². The van der Waals surface area contributed by atoms with Crippen LogP contribution in [0.4, 0.5) is 5.69 Å². The van der Waals surface area contributed by atoms with Crippen LogP contribution in [0, 0.1) is 0 Å². The van der Waals surface area contributed by atoms with Gasteiger partial charge in [0.25, 0.3) is 11.8 Å². The van der Waals surface area contributed by atoms with E-state index in [1.54, 1.807) is 18.2 Å². The predicted molar refractivity (Wildman–Crippen MR) is 100 cm³/mol. The van der Waals surface area contributed by atoms with Gasteiger partial charge in [0.1, 0.15) is 5.70 Å². The van der Waals surface area contributed by atoms with E-state index in [1.807, 2.05) is 30.3 Å². The van der Waals surface area contributed by atoms with Crippen molar-refractivity contribution in [1.82, 2.24) is 4.90 Å². The second kappa shape index (κ2) is 7.13. The van der Waals surface area contributed by atoms with Gasteiger partial charge in [-0.3, -0.25) is 14.5 Å².